The molecule has 5 heteroatoms. The Morgan fingerprint density at radius 1 is 1.00 bits per heavy atom. The van der Waals surface area contributed by atoms with Gasteiger partial charge in [-0.1, -0.05) is 0 Å². The van der Waals surface area contributed by atoms with E-state index in [-0.39, 0.29) is 73.8 Å². The Labute approximate surface area is 73.2 Å². The molecular weight excluding hydrogens is 220 g/mol. The van der Waals surface area contributed by atoms with Crippen molar-refractivity contribution < 1.29 is 56.4 Å². The molecule has 0 aromatic heterocycles. The van der Waals surface area contributed by atoms with Gasteiger partial charge in [-0.15, -0.1) is 0 Å². The van der Waals surface area contributed by atoms with E-state index >= 15 is 0 Å². The Kier molecular flexibility index (Phi) is 456. The molecule has 0 aromatic carbocycles. The Bertz CT molecular complexity index is 11.6. The molecule has 0 unspecified atom stereocenters. The number of hydrogen-bond donors (Lipinski definition) is 0. The van der Waals surface area contributed by atoms with Crippen molar-refractivity contribution in [2.75, 3.05) is 0 Å². The summed E-state index contributed by atoms with van der Waals surface area (Å²) in [6.45, 7) is 0. The second-order valence-electron chi connectivity index (χ2n) is 0. The first-order valence-electron chi connectivity index (χ1n) is 0. The quantitative estimate of drug-likeness (QED) is 0.427. The molecule has 0 heterocycles. The van der Waals surface area contributed by atoms with Gasteiger partial charge in [-0.3, -0.25) is 0 Å². The maximum Gasteiger partial charge on any atom is 0.187 e. The zero-order valence-electron chi connectivity index (χ0n) is 1.51. The summed E-state index contributed by atoms with van der Waals surface area (Å²) >= 11 is 0. The van der Waals surface area contributed by atoms with Crippen LogP contribution in [0.1, 0.15) is 0 Å². The zero-order chi connectivity index (χ0) is 0. The van der Waals surface area contributed by atoms with Crippen LogP contribution >= 0.6 is 0 Å². The van der Waals surface area contributed by atoms with Crippen LogP contribution in [0.4, 0.5) is 0 Å². The first-order chi connectivity index (χ1) is 0. The van der Waals surface area contributed by atoms with Gasteiger partial charge in [-0.05, 0) is 0 Å². The van der Waals surface area contributed by atoms with E-state index < -0.39 is 0 Å². The average Bonchev–Trinajstić information content (AvgIpc) is 0. The molecule has 0 aliphatic rings. The van der Waals surface area contributed by atoms with E-state index in [1.54, 1.807) is 0 Å². The summed E-state index contributed by atoms with van der Waals surface area (Å²) in [6, 6.07) is 0. The molecule has 1 nitrogen and oxygen atoms in total. The summed E-state index contributed by atoms with van der Waals surface area (Å²) in [5.74, 6) is 0. The van der Waals surface area contributed by atoms with Crippen LogP contribution in [0.2, 0.25) is 0 Å². The van der Waals surface area contributed by atoms with E-state index in [4.69, 9.17) is 0 Å². The van der Waals surface area contributed by atoms with E-state index in [9.17, 15) is 0 Å². The maximum absolute atomic E-state index is 0. The smallest absolute Gasteiger partial charge is 0.187 e. The largest absolute Gasteiger partial charge is 0.412 e. The Morgan fingerprint density at radius 2 is 1.00 bits per heavy atom. The normalized spacial score (nSPS) is 0. The van der Waals surface area contributed by atoms with Crippen molar-refractivity contribution in [3.05, 3.63) is 0 Å². The topological polar surface area (TPSA) is 31.5 Å². The van der Waals surface area contributed by atoms with E-state index in [2.05, 4.69) is 0 Å². The molecule has 0 aliphatic carbocycles. The standard InChI is InChI=1S/Al.Co.Cu.Mn.H2O.3H/h;;;;1H2;;;. The fourth-order valence-electron chi connectivity index (χ4n) is 0. The molecule has 5 heavy (non-hydrogen) atoms. The minimum Gasteiger partial charge on any atom is -0.412 e. The first-order valence-corrected chi connectivity index (χ1v) is 0. The van der Waals surface area contributed by atoms with E-state index in [1.807, 2.05) is 0 Å². The third kappa shape index (κ3) is 23.7. The van der Waals surface area contributed by atoms with Gasteiger partial charge in [-0.25, -0.2) is 0 Å². The van der Waals surface area contributed by atoms with Crippen LogP contribution in [0.3, 0.4) is 0 Å². The Hall–Kier alpha value is 2.04. The third-order valence-corrected chi connectivity index (χ3v) is 0. The van der Waals surface area contributed by atoms with Crippen LogP contribution in [-0.2, 0) is 50.9 Å². The van der Waals surface area contributed by atoms with E-state index in [0.29, 0.717) is 0 Å². The Morgan fingerprint density at radius 3 is 1.00 bits per heavy atom. The molecule has 0 spiro atoms. The van der Waals surface area contributed by atoms with Gasteiger partial charge in [0.1, 0.15) is 0 Å². The van der Waals surface area contributed by atoms with Crippen molar-refractivity contribution in [2.45, 2.75) is 0 Å². The van der Waals surface area contributed by atoms with Crippen LogP contribution in [-0.4, -0.2) is 22.8 Å². The molecule has 0 aromatic rings. The van der Waals surface area contributed by atoms with Gasteiger partial charge in [-0.2, -0.15) is 0 Å². The van der Waals surface area contributed by atoms with Crippen LogP contribution in [0.25, 0.3) is 0 Å². The second kappa shape index (κ2) is 36.9. The van der Waals surface area contributed by atoms with Crippen LogP contribution < -0.4 is 0 Å². The van der Waals surface area contributed by atoms with Crippen molar-refractivity contribution >= 4 is 17.4 Å². The molecular formula is H5AlCoCuMnO. The van der Waals surface area contributed by atoms with Crippen LogP contribution in [0.5, 0.6) is 0 Å². The summed E-state index contributed by atoms with van der Waals surface area (Å²) in [6.07, 6.45) is 0. The maximum atomic E-state index is 0. The molecule has 0 saturated heterocycles. The van der Waals surface area contributed by atoms with Crippen molar-refractivity contribution in [2.24, 2.45) is 0 Å². The summed E-state index contributed by atoms with van der Waals surface area (Å²) in [4.78, 5) is 0. The van der Waals surface area contributed by atoms with Gasteiger partial charge in [0.05, 0.1) is 0 Å². The van der Waals surface area contributed by atoms with Crippen molar-refractivity contribution in [1.82, 2.24) is 0 Å². The van der Waals surface area contributed by atoms with Gasteiger partial charge in [0, 0.05) is 50.9 Å². The van der Waals surface area contributed by atoms with Crippen molar-refractivity contribution in [3.8, 4) is 0 Å². The van der Waals surface area contributed by atoms with Crippen molar-refractivity contribution in [3.63, 3.8) is 0 Å². The molecule has 2 N–H and O–H groups in total. The van der Waals surface area contributed by atoms with Crippen molar-refractivity contribution in [1.29, 1.82) is 0 Å². The molecule has 0 aliphatic heterocycles. The zero-order valence-corrected chi connectivity index (χ0v) is 4.68. The molecule has 0 saturated carbocycles. The minimum absolute atomic E-state index is 0. The fourth-order valence-corrected chi connectivity index (χ4v) is 0. The molecule has 0 atom stereocenters. The van der Waals surface area contributed by atoms with E-state index in [1.165, 1.54) is 0 Å². The molecule has 3 radical (unpaired) electrons. The average molecular weight is 225 g/mol. The van der Waals surface area contributed by atoms with Crippen LogP contribution in [0.15, 0.2) is 0 Å². The molecule has 0 rings (SSSR count). The van der Waals surface area contributed by atoms with E-state index in [0.717, 1.165) is 0 Å². The SMILES string of the molecule is O.[AlH3].[Co].[Cu].[Mn]. The van der Waals surface area contributed by atoms with Crippen LogP contribution in [0, 0.1) is 0 Å². The van der Waals surface area contributed by atoms with Gasteiger partial charge in [0.25, 0.3) is 0 Å². The summed E-state index contributed by atoms with van der Waals surface area (Å²) in [5.41, 5.74) is 0. The molecule has 0 bridgehead atoms. The predicted molar refractivity (Wildman–Crippen MR) is 13.6 cm³/mol. The minimum atomic E-state index is 0. The number of hydrogen-bond acceptors (Lipinski definition) is 0. The fraction of sp³-hybridized carbons (Fsp3) is 0. The summed E-state index contributed by atoms with van der Waals surface area (Å²) < 4.78 is 0. The third-order valence-electron chi connectivity index (χ3n) is 0. The van der Waals surface area contributed by atoms with Gasteiger partial charge in [0.15, 0.2) is 17.4 Å². The van der Waals surface area contributed by atoms with Gasteiger partial charge in [0.2, 0.25) is 0 Å². The number of rotatable bonds is 0. The molecule has 0 amide bonds. The first kappa shape index (κ1) is 61.8. The Balaban J connectivity index is 0. The molecule has 0 fully saturated rings. The summed E-state index contributed by atoms with van der Waals surface area (Å²) in [5, 5.41) is 0. The summed E-state index contributed by atoms with van der Waals surface area (Å²) in [7, 11) is 0. The van der Waals surface area contributed by atoms with Gasteiger partial charge < -0.3 is 5.48 Å². The monoisotopic (exact) mass is 225 g/mol. The van der Waals surface area contributed by atoms with Gasteiger partial charge >= 0.3 is 0 Å². The predicted octanol–water partition coefficient (Wildman–Crippen LogP) is -2.02. The molecule has 41 valence electrons. The second-order valence-corrected chi connectivity index (χ2v) is 0.